The van der Waals surface area contributed by atoms with Crippen LogP contribution in [0.3, 0.4) is 0 Å². The third-order valence-corrected chi connectivity index (χ3v) is 4.77. The zero-order valence-corrected chi connectivity index (χ0v) is 11.9. The van der Waals surface area contributed by atoms with Crippen molar-refractivity contribution in [3.05, 3.63) is 20.8 Å². The molecule has 1 fully saturated rings. The van der Waals surface area contributed by atoms with E-state index < -0.39 is 0 Å². The molecule has 0 aliphatic heterocycles. The van der Waals surface area contributed by atoms with E-state index in [1.807, 2.05) is 11.3 Å². The lowest BCUT2D eigenvalue weighted by Crippen LogP contribution is -2.34. The van der Waals surface area contributed by atoms with Gasteiger partial charge in [0.05, 0.1) is 3.79 Å². The minimum absolute atomic E-state index is 0.444. The van der Waals surface area contributed by atoms with Gasteiger partial charge in [0.25, 0.3) is 0 Å². The van der Waals surface area contributed by atoms with E-state index in [1.54, 1.807) is 0 Å². The van der Waals surface area contributed by atoms with E-state index in [0.29, 0.717) is 5.38 Å². The van der Waals surface area contributed by atoms with Gasteiger partial charge in [-0.2, -0.15) is 0 Å². The van der Waals surface area contributed by atoms with Gasteiger partial charge < -0.3 is 4.90 Å². The van der Waals surface area contributed by atoms with Gasteiger partial charge in [0.15, 0.2) is 0 Å². The van der Waals surface area contributed by atoms with Gasteiger partial charge >= 0.3 is 0 Å². The van der Waals surface area contributed by atoms with Crippen molar-refractivity contribution in [1.29, 1.82) is 0 Å². The summed E-state index contributed by atoms with van der Waals surface area (Å²) in [4.78, 5) is 3.82. The maximum absolute atomic E-state index is 5.97. The van der Waals surface area contributed by atoms with Gasteiger partial charge in [-0.3, -0.25) is 0 Å². The van der Waals surface area contributed by atoms with Crippen LogP contribution in [0.5, 0.6) is 0 Å². The van der Waals surface area contributed by atoms with Crippen molar-refractivity contribution < 1.29 is 0 Å². The smallest absolute Gasteiger partial charge is 0.0701 e. The second-order valence-electron chi connectivity index (χ2n) is 4.34. The van der Waals surface area contributed by atoms with Crippen LogP contribution in [0.1, 0.15) is 17.7 Å². The Morgan fingerprint density at radius 3 is 2.80 bits per heavy atom. The van der Waals surface area contributed by atoms with Crippen molar-refractivity contribution in [3.8, 4) is 0 Å². The Kier molecular flexibility index (Phi) is 4.10. The SMILES string of the molecule is CN(Cc1ccc(Br)s1)CC1CC(Cl)C1. The van der Waals surface area contributed by atoms with Crippen LogP contribution < -0.4 is 0 Å². The van der Waals surface area contributed by atoms with Gasteiger partial charge in [-0.15, -0.1) is 22.9 Å². The lowest BCUT2D eigenvalue weighted by atomic mass is 9.84. The second kappa shape index (κ2) is 5.17. The molecule has 1 aliphatic rings. The zero-order valence-electron chi connectivity index (χ0n) is 8.75. The summed E-state index contributed by atoms with van der Waals surface area (Å²) in [6.45, 7) is 2.23. The van der Waals surface area contributed by atoms with Crippen LogP contribution in [0.15, 0.2) is 15.9 Å². The highest BCUT2D eigenvalue weighted by atomic mass is 79.9. The number of thiophene rings is 1. The van der Waals surface area contributed by atoms with E-state index in [-0.39, 0.29) is 0 Å². The Hall–Kier alpha value is 0.430. The number of hydrogen-bond acceptors (Lipinski definition) is 2. The second-order valence-corrected chi connectivity index (χ2v) is 7.50. The number of rotatable bonds is 4. The topological polar surface area (TPSA) is 3.24 Å². The maximum Gasteiger partial charge on any atom is 0.0701 e. The number of alkyl halides is 1. The van der Waals surface area contributed by atoms with Crippen LogP contribution in [0.2, 0.25) is 0 Å². The predicted octanol–water partition coefficient (Wildman–Crippen LogP) is 3.96. The Morgan fingerprint density at radius 2 is 2.27 bits per heavy atom. The molecule has 15 heavy (non-hydrogen) atoms. The van der Waals surface area contributed by atoms with Gasteiger partial charge in [0, 0.05) is 23.3 Å². The summed E-state index contributed by atoms with van der Waals surface area (Å²) in [5, 5.41) is 0.444. The van der Waals surface area contributed by atoms with Crippen molar-refractivity contribution in [2.45, 2.75) is 24.8 Å². The molecule has 0 atom stereocenters. The highest BCUT2D eigenvalue weighted by molar-refractivity contribution is 9.11. The molecule has 84 valence electrons. The fraction of sp³-hybridized carbons (Fsp3) is 0.636. The molecule has 0 aromatic carbocycles. The van der Waals surface area contributed by atoms with Crippen molar-refractivity contribution in [2.75, 3.05) is 13.6 Å². The average Bonchev–Trinajstić information content (AvgIpc) is 2.48. The first-order valence-corrected chi connectivity index (χ1v) is 7.25. The molecule has 4 heteroatoms. The summed E-state index contributed by atoms with van der Waals surface area (Å²) in [7, 11) is 2.19. The van der Waals surface area contributed by atoms with E-state index in [0.717, 1.165) is 12.5 Å². The van der Waals surface area contributed by atoms with Gasteiger partial charge in [-0.25, -0.2) is 0 Å². The first-order valence-electron chi connectivity index (χ1n) is 5.20. The summed E-state index contributed by atoms with van der Waals surface area (Å²) >= 11 is 11.3. The lowest BCUT2D eigenvalue weighted by Gasteiger charge is -2.34. The molecule has 0 radical (unpaired) electrons. The van der Waals surface area contributed by atoms with E-state index in [1.165, 1.54) is 28.0 Å². The standard InChI is InChI=1S/C11H15BrClNS/c1-14(6-8-4-9(13)5-8)7-10-2-3-11(12)15-10/h2-3,8-9H,4-7H2,1H3. The Balaban J connectivity index is 1.75. The number of nitrogens with zero attached hydrogens (tertiary/aromatic N) is 1. The largest absolute Gasteiger partial charge is 0.301 e. The minimum atomic E-state index is 0.444. The molecule has 0 saturated heterocycles. The molecule has 1 heterocycles. The van der Waals surface area contributed by atoms with Crippen molar-refractivity contribution in [3.63, 3.8) is 0 Å². The van der Waals surface area contributed by atoms with Gasteiger partial charge in [-0.05, 0) is 53.9 Å². The molecule has 1 saturated carbocycles. The highest BCUT2D eigenvalue weighted by Gasteiger charge is 2.27. The first kappa shape index (κ1) is 11.9. The molecule has 1 aliphatic carbocycles. The first-order chi connectivity index (χ1) is 7.13. The summed E-state index contributed by atoms with van der Waals surface area (Å²) in [5.41, 5.74) is 0. The van der Waals surface area contributed by atoms with E-state index >= 15 is 0 Å². The van der Waals surface area contributed by atoms with E-state index in [9.17, 15) is 0 Å². The molecular weight excluding hydrogens is 294 g/mol. The number of halogens is 2. The van der Waals surface area contributed by atoms with Crippen LogP contribution in [0, 0.1) is 5.92 Å². The molecule has 1 aromatic heterocycles. The summed E-state index contributed by atoms with van der Waals surface area (Å²) in [5.74, 6) is 0.820. The Labute approximate surface area is 109 Å². The van der Waals surface area contributed by atoms with Crippen molar-refractivity contribution in [1.82, 2.24) is 4.90 Å². The summed E-state index contributed by atoms with van der Waals surface area (Å²) in [6, 6.07) is 4.31. The Bertz CT molecular complexity index is 322. The van der Waals surface area contributed by atoms with Gasteiger partial charge in [0.1, 0.15) is 0 Å². The summed E-state index contributed by atoms with van der Waals surface area (Å²) < 4.78 is 1.22. The lowest BCUT2D eigenvalue weighted by molar-refractivity contribution is 0.205. The normalized spacial score (nSPS) is 25.6. The fourth-order valence-corrected chi connectivity index (χ4v) is 4.08. The third kappa shape index (κ3) is 3.45. The maximum atomic E-state index is 5.97. The van der Waals surface area contributed by atoms with E-state index in [2.05, 4.69) is 40.0 Å². The third-order valence-electron chi connectivity index (χ3n) is 2.80. The number of hydrogen-bond donors (Lipinski definition) is 0. The summed E-state index contributed by atoms with van der Waals surface area (Å²) in [6.07, 6.45) is 2.39. The van der Waals surface area contributed by atoms with Gasteiger partial charge in [0.2, 0.25) is 0 Å². The van der Waals surface area contributed by atoms with Crippen LogP contribution in [-0.2, 0) is 6.54 Å². The van der Waals surface area contributed by atoms with Crippen molar-refractivity contribution >= 4 is 38.9 Å². The average molecular weight is 309 g/mol. The molecule has 0 bridgehead atoms. The molecule has 1 aromatic rings. The quantitative estimate of drug-likeness (QED) is 0.761. The fourth-order valence-electron chi connectivity index (χ4n) is 2.01. The van der Waals surface area contributed by atoms with E-state index in [4.69, 9.17) is 11.6 Å². The van der Waals surface area contributed by atoms with Crippen molar-refractivity contribution in [2.24, 2.45) is 5.92 Å². The predicted molar refractivity (Wildman–Crippen MR) is 70.7 cm³/mol. The monoisotopic (exact) mass is 307 g/mol. The molecule has 0 spiro atoms. The van der Waals surface area contributed by atoms with Crippen LogP contribution in [0.4, 0.5) is 0 Å². The molecule has 0 amide bonds. The minimum Gasteiger partial charge on any atom is -0.301 e. The van der Waals surface area contributed by atoms with Crippen LogP contribution in [-0.4, -0.2) is 23.9 Å². The van der Waals surface area contributed by atoms with Gasteiger partial charge in [-0.1, -0.05) is 0 Å². The zero-order chi connectivity index (χ0) is 10.8. The molecule has 0 N–H and O–H groups in total. The molecule has 2 rings (SSSR count). The van der Waals surface area contributed by atoms with Crippen LogP contribution in [0.25, 0.3) is 0 Å². The van der Waals surface area contributed by atoms with Crippen LogP contribution >= 0.6 is 38.9 Å². The molecular formula is C11H15BrClNS. The molecule has 0 unspecified atom stereocenters. The molecule has 1 nitrogen and oxygen atoms in total. The highest BCUT2D eigenvalue weighted by Crippen LogP contribution is 2.32. The Morgan fingerprint density at radius 1 is 1.53 bits per heavy atom.